The number of hydrogen-bond donors (Lipinski definition) is 2. The molecule has 0 aliphatic heterocycles. The molecule has 1 aliphatic rings. The zero-order valence-corrected chi connectivity index (χ0v) is 19.7. The van der Waals surface area contributed by atoms with Gasteiger partial charge >= 0.3 is 5.69 Å². The Morgan fingerprint density at radius 2 is 1.86 bits per heavy atom. The summed E-state index contributed by atoms with van der Waals surface area (Å²) in [6, 6.07) is 11.5. The van der Waals surface area contributed by atoms with Gasteiger partial charge in [-0.25, -0.2) is 13.9 Å². The third kappa shape index (κ3) is 4.21. The van der Waals surface area contributed by atoms with Gasteiger partial charge in [-0.1, -0.05) is 36.6 Å². The molecule has 0 unspecified atom stereocenters. The lowest BCUT2D eigenvalue weighted by Gasteiger charge is -2.12. The van der Waals surface area contributed by atoms with Gasteiger partial charge in [-0.3, -0.25) is 19.0 Å². The average Bonchev–Trinajstić information content (AvgIpc) is 3.46. The van der Waals surface area contributed by atoms with Gasteiger partial charge in [0.25, 0.3) is 11.5 Å². The normalized spacial score (nSPS) is 14.0. The molecular formula is C24H23ClN6O4. The summed E-state index contributed by atoms with van der Waals surface area (Å²) in [4.78, 5) is 51.6. The Hall–Kier alpha value is -3.92. The maximum absolute atomic E-state index is 13.3. The molecule has 0 radical (unpaired) electrons. The van der Waals surface area contributed by atoms with Crippen LogP contribution in [0, 0.1) is 0 Å². The van der Waals surface area contributed by atoms with Crippen molar-refractivity contribution < 1.29 is 9.59 Å². The highest BCUT2D eigenvalue weighted by molar-refractivity contribution is 6.33. The lowest BCUT2D eigenvalue weighted by molar-refractivity contribution is -0.117. The van der Waals surface area contributed by atoms with Crippen LogP contribution in [0.15, 0.2) is 52.1 Å². The molecule has 0 bridgehead atoms. The first-order chi connectivity index (χ1) is 16.8. The van der Waals surface area contributed by atoms with Crippen molar-refractivity contribution in [3.05, 3.63) is 73.9 Å². The van der Waals surface area contributed by atoms with Crippen molar-refractivity contribution in [2.45, 2.75) is 38.3 Å². The number of hydrogen-bond acceptors (Lipinski definition) is 5. The zero-order valence-electron chi connectivity index (χ0n) is 19.0. The van der Waals surface area contributed by atoms with Crippen molar-refractivity contribution >= 4 is 45.8 Å². The minimum atomic E-state index is -0.608. The maximum Gasteiger partial charge on any atom is 0.352 e. The number of anilines is 1. The minimum Gasteiger partial charge on any atom is -0.349 e. The second-order valence-electron chi connectivity index (χ2n) is 8.65. The summed E-state index contributed by atoms with van der Waals surface area (Å²) >= 11 is 6.09. The van der Waals surface area contributed by atoms with Crippen LogP contribution in [-0.2, 0) is 18.4 Å². The van der Waals surface area contributed by atoms with E-state index >= 15 is 0 Å². The largest absolute Gasteiger partial charge is 0.352 e. The number of fused-ring (bicyclic) bond motifs is 3. The van der Waals surface area contributed by atoms with Crippen LogP contribution < -0.4 is 21.9 Å². The number of aryl methyl sites for hydroxylation is 1. The molecule has 4 aromatic rings. The maximum atomic E-state index is 13.3. The molecule has 5 rings (SSSR count). The third-order valence-corrected chi connectivity index (χ3v) is 6.62. The van der Waals surface area contributed by atoms with Gasteiger partial charge in [-0.15, -0.1) is 5.10 Å². The number of nitrogens with zero attached hydrogens (tertiary/aromatic N) is 4. The smallest absolute Gasteiger partial charge is 0.349 e. The number of carbonyl (C=O) groups is 2. The standard InChI is InChI=1S/C24H23ClN6O4/c1-29-22(34)16-11-10-14(21(33)26-15-6-2-3-7-15)12-19(16)31-23(29)28-30(24(31)35)13-20(32)27-18-9-5-4-8-17(18)25/h4-5,8-12,15H,2-3,6-7,13H2,1H3,(H,26,33)(H,27,32). The third-order valence-electron chi connectivity index (χ3n) is 6.29. The zero-order chi connectivity index (χ0) is 24.7. The van der Waals surface area contributed by atoms with Crippen molar-refractivity contribution in [1.29, 1.82) is 0 Å². The number of carbonyl (C=O) groups excluding carboxylic acids is 2. The molecule has 0 spiro atoms. The summed E-state index contributed by atoms with van der Waals surface area (Å²) in [6.07, 6.45) is 4.04. The van der Waals surface area contributed by atoms with E-state index in [-0.39, 0.29) is 40.7 Å². The van der Waals surface area contributed by atoms with Gasteiger partial charge in [-0.05, 0) is 43.2 Å². The van der Waals surface area contributed by atoms with Crippen LogP contribution in [0.2, 0.25) is 5.02 Å². The summed E-state index contributed by atoms with van der Waals surface area (Å²) in [5.74, 6) is -0.701. The van der Waals surface area contributed by atoms with Crippen LogP contribution in [0.3, 0.4) is 0 Å². The fraction of sp³-hybridized carbons (Fsp3) is 0.292. The van der Waals surface area contributed by atoms with E-state index in [1.807, 2.05) is 0 Å². The van der Waals surface area contributed by atoms with E-state index < -0.39 is 11.6 Å². The SMILES string of the molecule is Cn1c(=O)c2ccc(C(=O)NC3CCCC3)cc2n2c(=O)n(CC(=O)Nc3ccccc3Cl)nc12. The number of halogens is 1. The summed E-state index contributed by atoms with van der Waals surface area (Å²) in [5, 5.41) is 10.5. The predicted molar refractivity (Wildman–Crippen MR) is 132 cm³/mol. The fourth-order valence-electron chi connectivity index (χ4n) is 4.46. The summed E-state index contributed by atoms with van der Waals surface area (Å²) in [7, 11) is 1.50. The Bertz CT molecular complexity index is 1600. The molecule has 1 saturated carbocycles. The second-order valence-corrected chi connectivity index (χ2v) is 9.06. The van der Waals surface area contributed by atoms with Gasteiger partial charge in [0.05, 0.1) is 21.6 Å². The molecular weight excluding hydrogens is 472 g/mol. The number of amides is 2. The number of benzene rings is 2. The van der Waals surface area contributed by atoms with Gasteiger partial charge in [0.15, 0.2) is 0 Å². The first-order valence-corrected chi connectivity index (χ1v) is 11.7. The van der Waals surface area contributed by atoms with E-state index in [0.29, 0.717) is 16.3 Å². The van der Waals surface area contributed by atoms with Crippen LogP contribution in [0.1, 0.15) is 36.0 Å². The van der Waals surface area contributed by atoms with E-state index in [1.165, 1.54) is 28.1 Å². The van der Waals surface area contributed by atoms with E-state index in [0.717, 1.165) is 30.4 Å². The molecule has 11 heteroatoms. The Morgan fingerprint density at radius 3 is 2.60 bits per heavy atom. The Morgan fingerprint density at radius 1 is 1.11 bits per heavy atom. The Kier molecular flexibility index (Phi) is 5.89. The molecule has 35 heavy (non-hydrogen) atoms. The summed E-state index contributed by atoms with van der Waals surface area (Å²) in [5.41, 5.74) is 0.0305. The predicted octanol–water partition coefficient (Wildman–Crippen LogP) is 2.31. The number of nitrogens with one attached hydrogen (secondary N) is 2. The molecule has 0 saturated heterocycles. The summed E-state index contributed by atoms with van der Waals surface area (Å²) in [6.45, 7) is -0.386. The topological polar surface area (TPSA) is 120 Å². The average molecular weight is 495 g/mol. The Labute approximate surface area is 204 Å². The van der Waals surface area contributed by atoms with Crippen LogP contribution in [0.25, 0.3) is 16.7 Å². The lowest BCUT2D eigenvalue weighted by atomic mass is 10.1. The first-order valence-electron chi connectivity index (χ1n) is 11.3. The van der Waals surface area contributed by atoms with Crippen molar-refractivity contribution in [3.8, 4) is 0 Å². The van der Waals surface area contributed by atoms with E-state index in [4.69, 9.17) is 11.6 Å². The highest BCUT2D eigenvalue weighted by atomic mass is 35.5. The van der Waals surface area contributed by atoms with Crippen LogP contribution in [0.5, 0.6) is 0 Å². The molecule has 2 aromatic carbocycles. The summed E-state index contributed by atoms with van der Waals surface area (Å²) < 4.78 is 3.46. The van der Waals surface area contributed by atoms with Gasteiger partial charge in [0, 0.05) is 18.7 Å². The van der Waals surface area contributed by atoms with Crippen molar-refractivity contribution in [1.82, 2.24) is 24.1 Å². The monoisotopic (exact) mass is 494 g/mol. The highest BCUT2D eigenvalue weighted by Crippen LogP contribution is 2.21. The molecule has 1 fully saturated rings. The van der Waals surface area contributed by atoms with Crippen molar-refractivity contribution in [3.63, 3.8) is 0 Å². The molecule has 10 nitrogen and oxygen atoms in total. The van der Waals surface area contributed by atoms with Crippen molar-refractivity contribution in [2.24, 2.45) is 7.05 Å². The molecule has 1 aliphatic carbocycles. The molecule has 2 amide bonds. The van der Waals surface area contributed by atoms with Crippen LogP contribution >= 0.6 is 11.6 Å². The molecule has 2 heterocycles. The number of aromatic nitrogens is 4. The van der Waals surface area contributed by atoms with Gasteiger partial charge in [-0.2, -0.15) is 0 Å². The van der Waals surface area contributed by atoms with E-state index in [9.17, 15) is 19.2 Å². The first kappa shape index (κ1) is 22.9. The molecule has 180 valence electrons. The quantitative estimate of drug-likeness (QED) is 0.441. The highest BCUT2D eigenvalue weighted by Gasteiger charge is 2.21. The van der Waals surface area contributed by atoms with Gasteiger partial charge in [0.1, 0.15) is 6.54 Å². The lowest BCUT2D eigenvalue weighted by Crippen LogP contribution is -2.32. The molecule has 0 atom stereocenters. The molecule has 2 N–H and O–H groups in total. The number of para-hydroxylation sites is 1. The van der Waals surface area contributed by atoms with E-state index in [1.54, 1.807) is 30.3 Å². The fourth-order valence-corrected chi connectivity index (χ4v) is 4.65. The van der Waals surface area contributed by atoms with Crippen LogP contribution in [-0.4, -0.2) is 36.6 Å². The van der Waals surface area contributed by atoms with Crippen LogP contribution in [0.4, 0.5) is 5.69 Å². The van der Waals surface area contributed by atoms with Gasteiger partial charge in [0.2, 0.25) is 11.7 Å². The minimum absolute atomic E-state index is 0.0615. The number of rotatable bonds is 5. The van der Waals surface area contributed by atoms with Gasteiger partial charge < -0.3 is 10.6 Å². The van der Waals surface area contributed by atoms with E-state index in [2.05, 4.69) is 15.7 Å². The molecule has 2 aromatic heterocycles. The second kappa shape index (κ2) is 9.03. The van der Waals surface area contributed by atoms with Crippen molar-refractivity contribution in [2.75, 3.05) is 5.32 Å². The Balaban J connectivity index is 1.54.